The summed E-state index contributed by atoms with van der Waals surface area (Å²) in [7, 11) is 0. The Morgan fingerprint density at radius 2 is 2.05 bits per heavy atom. The summed E-state index contributed by atoms with van der Waals surface area (Å²) in [4.78, 5) is 21.7. The third kappa shape index (κ3) is 4.23. The van der Waals surface area contributed by atoms with Crippen LogP contribution in [0.3, 0.4) is 0 Å². The van der Waals surface area contributed by atoms with Gasteiger partial charge in [0.1, 0.15) is 11.4 Å². The van der Waals surface area contributed by atoms with Gasteiger partial charge in [0.05, 0.1) is 10.6 Å². The van der Waals surface area contributed by atoms with Crippen molar-refractivity contribution in [1.29, 1.82) is 5.41 Å². The van der Waals surface area contributed by atoms with Crippen molar-refractivity contribution in [2.24, 2.45) is 5.73 Å². The average Bonchev–Trinajstić information content (AvgIpc) is 2.25. The lowest BCUT2D eigenvalue weighted by Gasteiger charge is -2.20. The van der Waals surface area contributed by atoms with Gasteiger partial charge in [0, 0.05) is 17.7 Å². The maximum atomic E-state index is 11.6. The Balaban J connectivity index is 3.03. The number of ether oxygens (including phenoxy) is 1. The average molecular weight is 280 g/mol. The normalized spacial score (nSPS) is 10.8. The molecule has 20 heavy (non-hydrogen) atoms. The zero-order valence-corrected chi connectivity index (χ0v) is 11.4. The molecule has 0 bridgehead atoms. The van der Waals surface area contributed by atoms with Crippen molar-refractivity contribution in [3.05, 3.63) is 33.9 Å². The fourth-order valence-electron chi connectivity index (χ4n) is 1.39. The van der Waals surface area contributed by atoms with Gasteiger partial charge in [-0.1, -0.05) is 0 Å². The number of nitrogens with zero attached hydrogens (tertiary/aromatic N) is 1. The molecule has 0 fully saturated rings. The standard InChI is InChI=1S/C12H16N4O4/c1-12(2,3)20-11(17)15-9-5-4-7(16(18)19)6-8(9)10(13)14/h4-6H,1-3H3,(H3,13,14)(H,15,17). The fraction of sp³-hybridized carbons (Fsp3) is 0.333. The number of anilines is 1. The second kappa shape index (κ2) is 5.55. The van der Waals surface area contributed by atoms with Crippen molar-refractivity contribution in [2.75, 3.05) is 5.32 Å². The number of benzene rings is 1. The third-order valence-electron chi connectivity index (χ3n) is 2.14. The maximum Gasteiger partial charge on any atom is 0.412 e. The number of nitrogens with one attached hydrogen (secondary N) is 2. The number of nitrogen functional groups attached to an aromatic ring is 1. The molecule has 0 saturated carbocycles. The van der Waals surface area contributed by atoms with Crippen LogP contribution >= 0.6 is 0 Å². The van der Waals surface area contributed by atoms with Crippen LogP contribution in [0.15, 0.2) is 18.2 Å². The van der Waals surface area contributed by atoms with Gasteiger partial charge in [0.2, 0.25) is 0 Å². The van der Waals surface area contributed by atoms with E-state index in [-0.39, 0.29) is 22.8 Å². The van der Waals surface area contributed by atoms with E-state index in [1.54, 1.807) is 20.8 Å². The number of nitrogens with two attached hydrogens (primary N) is 1. The molecule has 1 amide bonds. The van der Waals surface area contributed by atoms with Gasteiger partial charge in [0.15, 0.2) is 0 Å². The van der Waals surface area contributed by atoms with E-state index in [0.29, 0.717) is 0 Å². The number of non-ortho nitro benzene ring substituents is 1. The summed E-state index contributed by atoms with van der Waals surface area (Å²) in [6.45, 7) is 5.11. The Labute approximate surface area is 115 Å². The van der Waals surface area contributed by atoms with Gasteiger partial charge in [-0.05, 0) is 26.8 Å². The molecule has 0 saturated heterocycles. The number of nitro groups is 1. The first-order valence-electron chi connectivity index (χ1n) is 5.73. The van der Waals surface area contributed by atoms with Crippen LogP contribution in [-0.2, 0) is 4.74 Å². The van der Waals surface area contributed by atoms with Gasteiger partial charge in [-0.15, -0.1) is 0 Å². The van der Waals surface area contributed by atoms with E-state index in [4.69, 9.17) is 15.9 Å². The molecule has 0 aliphatic carbocycles. The summed E-state index contributed by atoms with van der Waals surface area (Å²) in [5, 5.41) is 20.5. The van der Waals surface area contributed by atoms with E-state index in [1.165, 1.54) is 12.1 Å². The minimum Gasteiger partial charge on any atom is -0.444 e. The molecule has 4 N–H and O–H groups in total. The van der Waals surface area contributed by atoms with Crippen molar-refractivity contribution in [2.45, 2.75) is 26.4 Å². The summed E-state index contributed by atoms with van der Waals surface area (Å²) in [5.74, 6) is -0.389. The molecule has 0 aliphatic heterocycles. The van der Waals surface area contributed by atoms with Crippen LogP contribution in [0.4, 0.5) is 16.2 Å². The molecule has 1 aromatic carbocycles. The molecule has 8 nitrogen and oxygen atoms in total. The van der Waals surface area contributed by atoms with Crippen molar-refractivity contribution < 1.29 is 14.5 Å². The smallest absolute Gasteiger partial charge is 0.412 e. The van der Waals surface area contributed by atoms with E-state index in [2.05, 4.69) is 5.32 Å². The minimum atomic E-state index is -0.728. The summed E-state index contributed by atoms with van der Waals surface area (Å²) in [6.07, 6.45) is -0.728. The van der Waals surface area contributed by atoms with Crippen LogP contribution in [-0.4, -0.2) is 22.5 Å². The van der Waals surface area contributed by atoms with E-state index in [1.807, 2.05) is 0 Å². The second-order valence-corrected chi connectivity index (χ2v) is 5.03. The molecular formula is C12H16N4O4. The van der Waals surface area contributed by atoms with E-state index < -0.39 is 16.6 Å². The maximum absolute atomic E-state index is 11.6. The SMILES string of the molecule is CC(C)(C)OC(=O)Nc1ccc([N+](=O)[O-])cc1C(=N)N. The molecule has 0 atom stereocenters. The van der Waals surface area contributed by atoms with Gasteiger partial charge in [-0.2, -0.15) is 0 Å². The van der Waals surface area contributed by atoms with E-state index >= 15 is 0 Å². The van der Waals surface area contributed by atoms with Crippen molar-refractivity contribution in [3.63, 3.8) is 0 Å². The van der Waals surface area contributed by atoms with Crippen molar-refractivity contribution in [1.82, 2.24) is 0 Å². The first kappa shape index (κ1) is 15.4. The molecule has 0 heterocycles. The third-order valence-corrected chi connectivity index (χ3v) is 2.14. The highest BCUT2D eigenvalue weighted by Gasteiger charge is 2.19. The first-order valence-corrected chi connectivity index (χ1v) is 5.73. The number of rotatable bonds is 3. The van der Waals surface area contributed by atoms with Gasteiger partial charge in [-0.25, -0.2) is 4.79 Å². The second-order valence-electron chi connectivity index (χ2n) is 5.03. The fourth-order valence-corrected chi connectivity index (χ4v) is 1.39. The lowest BCUT2D eigenvalue weighted by molar-refractivity contribution is -0.384. The number of amidine groups is 1. The van der Waals surface area contributed by atoms with E-state index in [9.17, 15) is 14.9 Å². The lowest BCUT2D eigenvalue weighted by atomic mass is 10.1. The lowest BCUT2D eigenvalue weighted by Crippen LogP contribution is -2.28. The number of carbonyl (C=O) groups is 1. The number of carbonyl (C=O) groups excluding carboxylic acids is 1. The Bertz CT molecular complexity index is 563. The van der Waals surface area contributed by atoms with Crippen LogP contribution in [0.2, 0.25) is 0 Å². The topological polar surface area (TPSA) is 131 Å². The highest BCUT2D eigenvalue weighted by atomic mass is 16.6. The summed E-state index contributed by atoms with van der Waals surface area (Å²) < 4.78 is 5.06. The summed E-state index contributed by atoms with van der Waals surface area (Å²) in [5.41, 5.74) is 4.70. The van der Waals surface area contributed by atoms with Crippen molar-refractivity contribution in [3.8, 4) is 0 Å². The van der Waals surface area contributed by atoms with E-state index in [0.717, 1.165) is 6.07 Å². The van der Waals surface area contributed by atoms with Crippen LogP contribution in [0.25, 0.3) is 0 Å². The molecule has 1 rings (SSSR count). The van der Waals surface area contributed by atoms with Crippen LogP contribution in [0.5, 0.6) is 0 Å². The van der Waals surface area contributed by atoms with Gasteiger partial charge < -0.3 is 10.5 Å². The number of hydrogen-bond donors (Lipinski definition) is 3. The Kier molecular flexibility index (Phi) is 4.28. The summed E-state index contributed by atoms with van der Waals surface area (Å²) in [6, 6.07) is 3.63. The highest BCUT2D eigenvalue weighted by Crippen LogP contribution is 2.22. The quantitative estimate of drug-likeness (QED) is 0.338. The largest absolute Gasteiger partial charge is 0.444 e. The Morgan fingerprint density at radius 3 is 2.50 bits per heavy atom. The molecule has 0 spiro atoms. The monoisotopic (exact) mass is 280 g/mol. The Hall–Kier alpha value is -2.64. The molecule has 0 unspecified atom stereocenters. The molecule has 0 aliphatic rings. The van der Waals surface area contributed by atoms with Gasteiger partial charge in [0.25, 0.3) is 5.69 Å². The molecular weight excluding hydrogens is 264 g/mol. The van der Waals surface area contributed by atoms with Gasteiger partial charge in [-0.3, -0.25) is 20.8 Å². The molecule has 8 heteroatoms. The zero-order valence-electron chi connectivity index (χ0n) is 11.4. The van der Waals surface area contributed by atoms with Crippen LogP contribution < -0.4 is 11.1 Å². The number of nitro benzene ring substituents is 1. The number of amides is 1. The number of hydrogen-bond acceptors (Lipinski definition) is 5. The minimum absolute atomic E-state index is 0.0602. The van der Waals surface area contributed by atoms with Crippen LogP contribution in [0, 0.1) is 15.5 Å². The zero-order chi connectivity index (χ0) is 15.5. The first-order chi connectivity index (χ1) is 9.10. The highest BCUT2D eigenvalue weighted by molar-refractivity contribution is 6.03. The predicted octanol–water partition coefficient (Wildman–Crippen LogP) is 2.23. The summed E-state index contributed by atoms with van der Waals surface area (Å²) >= 11 is 0. The Morgan fingerprint density at radius 1 is 1.45 bits per heavy atom. The predicted molar refractivity (Wildman–Crippen MR) is 74.0 cm³/mol. The molecule has 108 valence electrons. The van der Waals surface area contributed by atoms with Crippen molar-refractivity contribution >= 4 is 23.3 Å². The molecule has 0 aromatic heterocycles. The van der Waals surface area contributed by atoms with Gasteiger partial charge >= 0.3 is 6.09 Å². The molecule has 1 aromatic rings. The van der Waals surface area contributed by atoms with Crippen LogP contribution in [0.1, 0.15) is 26.3 Å². The molecule has 0 radical (unpaired) electrons.